The second-order valence-corrected chi connectivity index (χ2v) is 4.43. The molecule has 0 atom stereocenters. The van der Waals surface area contributed by atoms with Crippen LogP contribution in [0, 0.1) is 0 Å². The van der Waals surface area contributed by atoms with Gasteiger partial charge in [0.2, 0.25) is 5.82 Å². The van der Waals surface area contributed by atoms with E-state index in [0.717, 1.165) is 4.57 Å². The number of hydrogen-bond acceptors (Lipinski definition) is 3. The number of nitrogens with zero attached hydrogens (tertiary/aromatic N) is 3. The van der Waals surface area contributed by atoms with Gasteiger partial charge in [-0.1, -0.05) is 13.8 Å². The Bertz CT molecular complexity index is 588. The first-order valence-electron chi connectivity index (χ1n) is 6.55. The second kappa shape index (κ2) is 5.40. The molecule has 1 N–H and O–H groups in total. The van der Waals surface area contributed by atoms with Crippen LogP contribution in [0.3, 0.4) is 0 Å². The molecule has 2 heterocycles. The predicted octanol–water partition coefficient (Wildman–Crippen LogP) is 3.17. The van der Waals surface area contributed by atoms with E-state index in [-0.39, 0.29) is 11.7 Å². The molecule has 1 fully saturated rings. The minimum Gasteiger partial charge on any atom is -0.393 e. The molecular weight excluding hydrogens is 271 g/mol. The first-order valence-corrected chi connectivity index (χ1v) is 6.55. The summed E-state index contributed by atoms with van der Waals surface area (Å²) in [6.45, 7) is 4.00. The molecule has 7 heteroatoms. The summed E-state index contributed by atoms with van der Waals surface area (Å²) >= 11 is 0. The highest BCUT2D eigenvalue weighted by atomic mass is 19.4. The molecule has 0 unspecified atom stereocenters. The van der Waals surface area contributed by atoms with Crippen molar-refractivity contribution in [2.45, 2.75) is 45.0 Å². The third kappa shape index (κ3) is 2.49. The van der Waals surface area contributed by atoms with Crippen molar-refractivity contribution >= 4 is 11.2 Å². The smallest absolute Gasteiger partial charge is 0.393 e. The van der Waals surface area contributed by atoms with Crippen molar-refractivity contribution in [2.24, 2.45) is 0 Å². The lowest BCUT2D eigenvalue weighted by atomic mass is 9.89. The van der Waals surface area contributed by atoms with Gasteiger partial charge in [-0.25, -0.2) is 9.97 Å². The van der Waals surface area contributed by atoms with Crippen LogP contribution in [0.15, 0.2) is 18.3 Å². The summed E-state index contributed by atoms with van der Waals surface area (Å²) in [6.07, 6.45) is -2.98. The van der Waals surface area contributed by atoms with Crippen LogP contribution >= 0.6 is 0 Å². The number of imidazole rings is 1. The van der Waals surface area contributed by atoms with Crippen molar-refractivity contribution < 1.29 is 18.3 Å². The first kappa shape index (κ1) is 14.8. The zero-order valence-corrected chi connectivity index (χ0v) is 11.2. The Kier molecular flexibility index (Phi) is 3.99. The number of alkyl halides is 3. The Hall–Kier alpha value is -1.63. The van der Waals surface area contributed by atoms with Gasteiger partial charge < -0.3 is 9.67 Å². The van der Waals surface area contributed by atoms with Crippen molar-refractivity contribution in [2.75, 3.05) is 0 Å². The number of aliphatic hydroxyl groups excluding tert-OH is 1. The molecule has 4 nitrogen and oxygen atoms in total. The lowest BCUT2D eigenvalue weighted by molar-refractivity contribution is -0.149. The highest BCUT2D eigenvalue weighted by Gasteiger charge is 2.42. The maximum atomic E-state index is 12.9. The van der Waals surface area contributed by atoms with E-state index in [2.05, 4.69) is 9.97 Å². The fourth-order valence-electron chi connectivity index (χ4n) is 2.27. The van der Waals surface area contributed by atoms with Crippen LogP contribution in [0.25, 0.3) is 11.2 Å². The van der Waals surface area contributed by atoms with Gasteiger partial charge in [0.15, 0.2) is 5.65 Å². The summed E-state index contributed by atoms with van der Waals surface area (Å²) in [6, 6.07) is 2.79. The van der Waals surface area contributed by atoms with Gasteiger partial charge in [0.05, 0.1) is 11.6 Å². The van der Waals surface area contributed by atoms with Gasteiger partial charge in [-0.05, 0) is 25.0 Å². The number of aromatic nitrogens is 3. The molecule has 110 valence electrons. The minimum absolute atomic E-state index is 0.0891. The van der Waals surface area contributed by atoms with Crippen molar-refractivity contribution in [1.82, 2.24) is 14.5 Å². The van der Waals surface area contributed by atoms with Gasteiger partial charge in [0.25, 0.3) is 0 Å². The van der Waals surface area contributed by atoms with Gasteiger partial charge in [-0.3, -0.25) is 0 Å². The van der Waals surface area contributed by atoms with Crippen LogP contribution in [0.1, 0.15) is 38.6 Å². The third-order valence-corrected chi connectivity index (χ3v) is 3.17. The summed E-state index contributed by atoms with van der Waals surface area (Å²) in [5, 5.41) is 9.25. The van der Waals surface area contributed by atoms with Gasteiger partial charge in [0.1, 0.15) is 0 Å². The fraction of sp³-hybridized carbons (Fsp3) is 0.538. The summed E-state index contributed by atoms with van der Waals surface area (Å²) < 4.78 is 39.9. The van der Waals surface area contributed by atoms with Gasteiger partial charge in [-0.15, -0.1) is 0 Å². The van der Waals surface area contributed by atoms with Crippen molar-refractivity contribution in [1.29, 1.82) is 0 Å². The lowest BCUT2D eigenvalue weighted by Gasteiger charge is -2.34. The SMILES string of the molecule is CC.OC1CC(n2c(C(F)(F)F)nc3ncccc32)C1. The molecule has 1 saturated carbocycles. The Morgan fingerprint density at radius 1 is 1.30 bits per heavy atom. The molecule has 0 bridgehead atoms. The highest BCUT2D eigenvalue weighted by Crippen LogP contribution is 2.40. The standard InChI is InChI=1S/C11H10F3N3O.C2H6/c12-11(13,14)10-16-9-8(2-1-3-15-9)17(10)6-4-7(18)5-6;1-2/h1-3,6-7,18H,4-5H2;1-2H3. The molecule has 2 aromatic heterocycles. The number of hydrogen-bond donors (Lipinski definition) is 1. The summed E-state index contributed by atoms with van der Waals surface area (Å²) in [5.74, 6) is -0.937. The molecule has 0 spiro atoms. The molecule has 3 rings (SSSR count). The number of aliphatic hydroxyl groups is 1. The summed E-state index contributed by atoms with van der Waals surface area (Å²) in [7, 11) is 0. The molecule has 0 aromatic carbocycles. The van der Waals surface area contributed by atoms with Crippen LogP contribution in [0.4, 0.5) is 13.2 Å². The van der Waals surface area contributed by atoms with Crippen molar-refractivity contribution in [3.8, 4) is 0 Å². The van der Waals surface area contributed by atoms with Gasteiger partial charge in [0, 0.05) is 12.2 Å². The average molecular weight is 287 g/mol. The van der Waals surface area contributed by atoms with E-state index in [4.69, 9.17) is 0 Å². The van der Waals surface area contributed by atoms with Crippen LogP contribution in [0.5, 0.6) is 0 Å². The predicted molar refractivity (Wildman–Crippen MR) is 68.2 cm³/mol. The van der Waals surface area contributed by atoms with E-state index in [9.17, 15) is 18.3 Å². The van der Waals surface area contributed by atoms with Crippen LogP contribution in [-0.4, -0.2) is 25.7 Å². The van der Waals surface area contributed by atoms with Gasteiger partial charge >= 0.3 is 6.18 Å². The Morgan fingerprint density at radius 2 is 1.95 bits per heavy atom. The molecular formula is C13H16F3N3O. The molecule has 0 amide bonds. The van der Waals surface area contributed by atoms with E-state index in [1.165, 1.54) is 6.20 Å². The Labute approximate surface area is 114 Å². The van der Waals surface area contributed by atoms with E-state index in [1.54, 1.807) is 12.1 Å². The van der Waals surface area contributed by atoms with E-state index in [1.807, 2.05) is 13.8 Å². The summed E-state index contributed by atoms with van der Waals surface area (Å²) in [4.78, 5) is 7.40. The number of fused-ring (bicyclic) bond motifs is 1. The molecule has 20 heavy (non-hydrogen) atoms. The quantitative estimate of drug-likeness (QED) is 0.876. The number of pyridine rings is 1. The van der Waals surface area contributed by atoms with Crippen molar-refractivity contribution in [3.63, 3.8) is 0 Å². The zero-order chi connectivity index (χ0) is 14.9. The maximum absolute atomic E-state index is 12.9. The average Bonchev–Trinajstić information content (AvgIpc) is 2.76. The Balaban J connectivity index is 0.000000704. The third-order valence-electron chi connectivity index (χ3n) is 3.17. The monoisotopic (exact) mass is 287 g/mol. The van der Waals surface area contributed by atoms with Crippen LogP contribution in [-0.2, 0) is 6.18 Å². The Morgan fingerprint density at radius 3 is 2.50 bits per heavy atom. The molecule has 1 aliphatic rings. The molecule has 0 aliphatic heterocycles. The van der Waals surface area contributed by atoms with Crippen molar-refractivity contribution in [3.05, 3.63) is 24.2 Å². The molecule has 1 aliphatic carbocycles. The first-order chi connectivity index (χ1) is 9.47. The molecule has 0 radical (unpaired) electrons. The normalized spacial score (nSPS) is 22.1. The van der Waals surface area contributed by atoms with Gasteiger partial charge in [-0.2, -0.15) is 13.2 Å². The maximum Gasteiger partial charge on any atom is 0.449 e. The summed E-state index contributed by atoms with van der Waals surface area (Å²) in [5.41, 5.74) is 0.452. The largest absolute Gasteiger partial charge is 0.449 e. The van der Waals surface area contributed by atoms with Crippen LogP contribution < -0.4 is 0 Å². The lowest BCUT2D eigenvalue weighted by Crippen LogP contribution is -2.33. The zero-order valence-electron chi connectivity index (χ0n) is 11.2. The van der Waals surface area contributed by atoms with E-state index in [0.29, 0.717) is 18.4 Å². The minimum atomic E-state index is -4.51. The highest BCUT2D eigenvalue weighted by molar-refractivity contribution is 5.71. The number of rotatable bonds is 1. The fourth-order valence-corrected chi connectivity index (χ4v) is 2.27. The topological polar surface area (TPSA) is 50.9 Å². The second-order valence-electron chi connectivity index (χ2n) is 4.43. The molecule has 2 aromatic rings. The number of halogens is 3. The van der Waals surface area contributed by atoms with Crippen LogP contribution in [0.2, 0.25) is 0 Å². The van der Waals surface area contributed by atoms with E-state index < -0.39 is 18.1 Å². The van der Waals surface area contributed by atoms with E-state index >= 15 is 0 Å². The molecule has 0 saturated heterocycles.